The number of hydrogen-bond donors (Lipinski definition) is 1. The molecule has 4 aromatic carbocycles. The maximum absolute atomic E-state index is 13.8. The number of aromatic nitrogens is 3. The number of amides is 3. The lowest BCUT2D eigenvalue weighted by molar-refractivity contribution is -0.119. The number of fused-ring (bicyclic) bond motifs is 2. The van der Waals surface area contributed by atoms with E-state index < -0.39 is 23.8 Å². The summed E-state index contributed by atoms with van der Waals surface area (Å²) < 4.78 is 1.77. The van der Waals surface area contributed by atoms with Crippen molar-refractivity contribution in [2.45, 2.75) is 19.0 Å². The van der Waals surface area contributed by atoms with Gasteiger partial charge < -0.3 is 5.32 Å². The highest BCUT2D eigenvalue weighted by Crippen LogP contribution is 2.28. The summed E-state index contributed by atoms with van der Waals surface area (Å²) in [4.78, 5) is 41.4. The van der Waals surface area contributed by atoms with Gasteiger partial charge >= 0.3 is 0 Å². The van der Waals surface area contributed by atoms with E-state index in [1.165, 1.54) is 0 Å². The lowest BCUT2D eigenvalue weighted by Gasteiger charge is -2.25. The molecular weight excluding hydrogens is 478 g/mol. The summed E-state index contributed by atoms with van der Waals surface area (Å²) in [6.45, 7) is 0.528. The lowest BCUT2D eigenvalue weighted by Crippen LogP contribution is -2.48. The molecular formula is C30H23N5O3. The Balaban J connectivity index is 1.32. The minimum absolute atomic E-state index is 0.175. The van der Waals surface area contributed by atoms with Gasteiger partial charge in [0.2, 0.25) is 5.91 Å². The molecule has 1 aliphatic rings. The van der Waals surface area contributed by atoms with Crippen molar-refractivity contribution in [1.82, 2.24) is 19.9 Å². The van der Waals surface area contributed by atoms with Crippen LogP contribution in [-0.2, 0) is 17.8 Å². The first-order valence-corrected chi connectivity index (χ1v) is 12.3. The Labute approximate surface area is 218 Å². The zero-order valence-corrected chi connectivity index (χ0v) is 20.3. The average Bonchev–Trinajstić information content (AvgIpc) is 3.47. The monoisotopic (exact) mass is 501 g/mol. The summed E-state index contributed by atoms with van der Waals surface area (Å²) in [5.41, 5.74) is 4.24. The number of benzene rings is 4. The van der Waals surface area contributed by atoms with E-state index in [4.69, 9.17) is 0 Å². The predicted octanol–water partition coefficient (Wildman–Crippen LogP) is 4.33. The third-order valence-corrected chi connectivity index (χ3v) is 6.69. The molecule has 5 aromatic rings. The second-order valence-corrected chi connectivity index (χ2v) is 9.13. The summed E-state index contributed by atoms with van der Waals surface area (Å²) in [7, 11) is 0. The number of carbonyl (C=O) groups excluding carboxylic acids is 3. The summed E-state index contributed by atoms with van der Waals surface area (Å²) in [6.07, 6.45) is 0.175. The van der Waals surface area contributed by atoms with Gasteiger partial charge in [-0.25, -0.2) is 4.68 Å². The van der Waals surface area contributed by atoms with Crippen LogP contribution in [0.1, 0.15) is 31.8 Å². The standard InChI is InChI=1S/C30H23N5O3/c36-28(31-24-16-9-17-25-27(24)32-33-34(25)19-21-12-5-2-6-13-21)26(18-20-10-3-1-4-11-20)35-29(37)22-14-7-8-15-23(22)30(35)38/h1-17,26H,18-19H2,(H,31,36)/t26-/m0/s1. The molecule has 0 radical (unpaired) electrons. The molecule has 0 aliphatic carbocycles. The Morgan fingerprint density at radius 2 is 1.34 bits per heavy atom. The van der Waals surface area contributed by atoms with Crippen molar-refractivity contribution in [2.24, 2.45) is 0 Å². The van der Waals surface area contributed by atoms with E-state index in [1.807, 2.05) is 72.8 Å². The summed E-state index contributed by atoms with van der Waals surface area (Å²) in [5.74, 6) is -1.43. The van der Waals surface area contributed by atoms with E-state index in [9.17, 15) is 14.4 Å². The highest BCUT2D eigenvalue weighted by molar-refractivity contribution is 6.23. The fourth-order valence-electron chi connectivity index (χ4n) is 4.81. The van der Waals surface area contributed by atoms with Crippen molar-refractivity contribution in [3.05, 3.63) is 125 Å². The van der Waals surface area contributed by atoms with Crippen LogP contribution in [0.5, 0.6) is 0 Å². The van der Waals surface area contributed by atoms with E-state index in [-0.39, 0.29) is 6.42 Å². The number of hydrogen-bond acceptors (Lipinski definition) is 5. The van der Waals surface area contributed by atoms with Crippen LogP contribution in [0.15, 0.2) is 103 Å². The molecule has 6 rings (SSSR count). The molecule has 2 heterocycles. The van der Waals surface area contributed by atoms with Crippen LogP contribution in [0, 0.1) is 0 Å². The number of imide groups is 1. The minimum Gasteiger partial charge on any atom is -0.322 e. The average molecular weight is 502 g/mol. The Hall–Kier alpha value is -5.11. The van der Waals surface area contributed by atoms with Crippen LogP contribution >= 0.6 is 0 Å². The van der Waals surface area contributed by atoms with Gasteiger partial charge in [0.05, 0.1) is 28.9 Å². The molecule has 0 fully saturated rings. The van der Waals surface area contributed by atoms with Crippen LogP contribution in [0.2, 0.25) is 0 Å². The molecule has 0 saturated heterocycles. The molecule has 8 nitrogen and oxygen atoms in total. The summed E-state index contributed by atoms with van der Waals surface area (Å²) in [5, 5.41) is 11.5. The van der Waals surface area contributed by atoms with E-state index >= 15 is 0 Å². The maximum Gasteiger partial charge on any atom is 0.262 e. The molecule has 0 saturated carbocycles. The fourth-order valence-corrected chi connectivity index (χ4v) is 4.81. The van der Waals surface area contributed by atoms with Crippen LogP contribution in [-0.4, -0.2) is 43.7 Å². The van der Waals surface area contributed by atoms with Crippen molar-refractivity contribution < 1.29 is 14.4 Å². The van der Waals surface area contributed by atoms with Crippen LogP contribution < -0.4 is 5.32 Å². The lowest BCUT2D eigenvalue weighted by atomic mass is 10.0. The third kappa shape index (κ3) is 4.22. The first kappa shape index (κ1) is 23.3. The molecule has 0 spiro atoms. The molecule has 3 amide bonds. The van der Waals surface area contributed by atoms with Crippen molar-refractivity contribution in [1.29, 1.82) is 0 Å². The number of nitrogens with zero attached hydrogens (tertiary/aromatic N) is 4. The second kappa shape index (κ2) is 9.74. The smallest absolute Gasteiger partial charge is 0.262 e. The summed E-state index contributed by atoms with van der Waals surface area (Å²) >= 11 is 0. The SMILES string of the molecule is O=C(Nc1cccc2c1nnn2Cc1ccccc1)[C@H](Cc1ccccc1)N1C(=O)c2ccccc2C1=O. The van der Waals surface area contributed by atoms with Gasteiger partial charge in [-0.3, -0.25) is 19.3 Å². The van der Waals surface area contributed by atoms with Gasteiger partial charge in [0.1, 0.15) is 11.6 Å². The number of carbonyl (C=O) groups is 3. The maximum atomic E-state index is 13.8. The van der Waals surface area contributed by atoms with Crippen molar-refractivity contribution in [3.8, 4) is 0 Å². The zero-order valence-electron chi connectivity index (χ0n) is 20.3. The van der Waals surface area contributed by atoms with E-state index in [0.717, 1.165) is 21.5 Å². The number of nitrogens with one attached hydrogen (secondary N) is 1. The van der Waals surface area contributed by atoms with Gasteiger partial charge in [0.15, 0.2) is 0 Å². The Morgan fingerprint density at radius 3 is 2.00 bits per heavy atom. The molecule has 1 aromatic heterocycles. The topological polar surface area (TPSA) is 97.2 Å². The van der Waals surface area contributed by atoms with Gasteiger partial charge in [-0.2, -0.15) is 0 Å². The normalized spacial score (nSPS) is 13.5. The second-order valence-electron chi connectivity index (χ2n) is 9.13. The minimum atomic E-state index is -1.06. The van der Waals surface area contributed by atoms with Gasteiger partial charge in [-0.05, 0) is 35.4 Å². The highest BCUT2D eigenvalue weighted by Gasteiger charge is 2.42. The van der Waals surface area contributed by atoms with Crippen LogP contribution in [0.3, 0.4) is 0 Å². The third-order valence-electron chi connectivity index (χ3n) is 6.69. The largest absolute Gasteiger partial charge is 0.322 e. The molecule has 38 heavy (non-hydrogen) atoms. The van der Waals surface area contributed by atoms with Crippen molar-refractivity contribution >= 4 is 34.4 Å². The quantitative estimate of drug-likeness (QED) is 0.335. The summed E-state index contributed by atoms with van der Waals surface area (Å²) in [6, 6.07) is 30.3. The Morgan fingerprint density at radius 1 is 0.737 bits per heavy atom. The first-order chi connectivity index (χ1) is 18.6. The fraction of sp³-hybridized carbons (Fsp3) is 0.100. The van der Waals surface area contributed by atoms with Gasteiger partial charge in [-0.1, -0.05) is 84.1 Å². The van der Waals surface area contributed by atoms with E-state index in [1.54, 1.807) is 35.0 Å². The van der Waals surface area contributed by atoms with Crippen LogP contribution in [0.4, 0.5) is 5.69 Å². The van der Waals surface area contributed by atoms with Gasteiger partial charge in [0, 0.05) is 6.42 Å². The number of anilines is 1. The van der Waals surface area contributed by atoms with Crippen LogP contribution in [0.25, 0.3) is 11.0 Å². The molecule has 1 atom stereocenters. The molecule has 0 bridgehead atoms. The molecule has 186 valence electrons. The van der Waals surface area contributed by atoms with E-state index in [0.29, 0.717) is 28.9 Å². The predicted molar refractivity (Wildman–Crippen MR) is 143 cm³/mol. The van der Waals surface area contributed by atoms with Gasteiger partial charge in [-0.15, -0.1) is 5.10 Å². The van der Waals surface area contributed by atoms with Gasteiger partial charge in [0.25, 0.3) is 11.8 Å². The zero-order chi connectivity index (χ0) is 26.1. The molecule has 0 unspecified atom stereocenters. The van der Waals surface area contributed by atoms with Crippen molar-refractivity contribution in [2.75, 3.05) is 5.32 Å². The number of rotatable bonds is 7. The Bertz CT molecular complexity index is 1630. The molecule has 1 aliphatic heterocycles. The van der Waals surface area contributed by atoms with Crippen molar-refractivity contribution in [3.63, 3.8) is 0 Å². The molecule has 1 N–H and O–H groups in total. The first-order valence-electron chi connectivity index (χ1n) is 12.3. The van der Waals surface area contributed by atoms with E-state index in [2.05, 4.69) is 15.6 Å². The highest BCUT2D eigenvalue weighted by atomic mass is 16.2. The Kier molecular flexibility index (Phi) is 5.97. The molecule has 8 heteroatoms.